The number of carbonyl (C=O) groups is 2. The number of piperidine rings is 1. The van der Waals surface area contributed by atoms with Gasteiger partial charge in [0.25, 0.3) is 0 Å². The van der Waals surface area contributed by atoms with Crippen molar-refractivity contribution < 1.29 is 14.7 Å². The summed E-state index contributed by atoms with van der Waals surface area (Å²) < 4.78 is 0. The average Bonchev–Trinajstić information content (AvgIpc) is 2.70. The molecule has 1 unspecified atom stereocenters. The first kappa shape index (κ1) is 13.1. The summed E-state index contributed by atoms with van der Waals surface area (Å²) in [7, 11) is 0. The van der Waals surface area contributed by atoms with Gasteiger partial charge in [0.05, 0.1) is 5.92 Å². The molecule has 2 aliphatic heterocycles. The van der Waals surface area contributed by atoms with E-state index in [4.69, 9.17) is 10.8 Å². The van der Waals surface area contributed by atoms with Crippen molar-refractivity contribution in [2.75, 3.05) is 26.2 Å². The minimum absolute atomic E-state index is 0.0184. The fourth-order valence-electron chi connectivity index (χ4n) is 2.83. The molecule has 0 aromatic rings. The Morgan fingerprint density at radius 1 is 1.22 bits per heavy atom. The lowest BCUT2D eigenvalue weighted by molar-refractivity contribution is -0.142. The molecule has 2 amide bonds. The van der Waals surface area contributed by atoms with E-state index in [1.54, 1.807) is 9.80 Å². The van der Waals surface area contributed by atoms with Crippen LogP contribution >= 0.6 is 0 Å². The van der Waals surface area contributed by atoms with Crippen LogP contribution in [0, 0.1) is 11.8 Å². The van der Waals surface area contributed by atoms with Crippen LogP contribution in [0.5, 0.6) is 0 Å². The number of nitrogens with zero attached hydrogens (tertiary/aromatic N) is 2. The Balaban J connectivity index is 1.96. The Bertz CT molecular complexity index is 347. The maximum Gasteiger partial charge on any atom is 0.320 e. The van der Waals surface area contributed by atoms with Crippen LogP contribution in [-0.2, 0) is 4.79 Å². The van der Waals surface area contributed by atoms with E-state index in [0.717, 1.165) is 19.4 Å². The van der Waals surface area contributed by atoms with Crippen LogP contribution in [0.4, 0.5) is 4.79 Å². The van der Waals surface area contributed by atoms with Gasteiger partial charge >= 0.3 is 12.0 Å². The highest BCUT2D eigenvalue weighted by molar-refractivity contribution is 5.78. The van der Waals surface area contributed by atoms with E-state index >= 15 is 0 Å². The van der Waals surface area contributed by atoms with Crippen LogP contribution in [0.25, 0.3) is 0 Å². The molecular formula is C12H21N3O3. The molecule has 2 rings (SSSR count). The molecule has 6 nitrogen and oxygen atoms in total. The van der Waals surface area contributed by atoms with Gasteiger partial charge in [-0.1, -0.05) is 6.92 Å². The summed E-state index contributed by atoms with van der Waals surface area (Å²) in [4.78, 5) is 26.7. The third kappa shape index (κ3) is 2.58. The highest BCUT2D eigenvalue weighted by Gasteiger charge is 2.38. The third-order valence-electron chi connectivity index (χ3n) is 3.93. The number of carboxylic acids is 1. The summed E-state index contributed by atoms with van der Waals surface area (Å²) in [6, 6.07) is -0.00116. The van der Waals surface area contributed by atoms with Crippen molar-refractivity contribution in [3.63, 3.8) is 0 Å². The molecule has 0 saturated carbocycles. The molecule has 0 spiro atoms. The SMILES string of the molecule is C[C@@H]1CN(C(=O)N2CCCC(N)C2)C[C@H]1C(=O)O. The number of urea groups is 1. The fourth-order valence-corrected chi connectivity index (χ4v) is 2.83. The zero-order valence-corrected chi connectivity index (χ0v) is 10.7. The van der Waals surface area contributed by atoms with Crippen LogP contribution < -0.4 is 5.73 Å². The maximum atomic E-state index is 12.3. The number of rotatable bonds is 1. The number of aliphatic carboxylic acids is 1. The molecule has 3 N–H and O–H groups in total. The fraction of sp³-hybridized carbons (Fsp3) is 0.833. The van der Waals surface area contributed by atoms with E-state index in [1.165, 1.54) is 0 Å². The predicted octanol–water partition coefficient (Wildman–Crippen LogP) is 0.182. The number of nitrogens with two attached hydrogens (primary N) is 1. The molecule has 0 bridgehead atoms. The molecule has 2 fully saturated rings. The summed E-state index contributed by atoms with van der Waals surface area (Å²) in [6.07, 6.45) is 1.89. The van der Waals surface area contributed by atoms with Crippen LogP contribution in [0.15, 0.2) is 0 Å². The molecule has 2 heterocycles. The van der Waals surface area contributed by atoms with Crippen LogP contribution in [-0.4, -0.2) is 59.1 Å². The van der Waals surface area contributed by atoms with Crippen molar-refractivity contribution in [3.05, 3.63) is 0 Å². The largest absolute Gasteiger partial charge is 0.481 e. The van der Waals surface area contributed by atoms with Gasteiger partial charge in [-0.25, -0.2) is 4.79 Å². The summed E-state index contributed by atoms with van der Waals surface area (Å²) in [5.74, 6) is -1.23. The van der Waals surface area contributed by atoms with E-state index in [9.17, 15) is 9.59 Å². The predicted molar refractivity (Wildman–Crippen MR) is 66.0 cm³/mol. The van der Waals surface area contributed by atoms with Gasteiger partial charge in [-0.15, -0.1) is 0 Å². The highest BCUT2D eigenvalue weighted by Crippen LogP contribution is 2.24. The lowest BCUT2D eigenvalue weighted by Crippen LogP contribution is -2.50. The molecule has 2 aliphatic rings. The van der Waals surface area contributed by atoms with E-state index in [-0.39, 0.29) is 18.0 Å². The van der Waals surface area contributed by atoms with E-state index < -0.39 is 11.9 Å². The topological polar surface area (TPSA) is 86.9 Å². The van der Waals surface area contributed by atoms with Gasteiger partial charge in [-0.2, -0.15) is 0 Å². The number of carbonyl (C=O) groups excluding carboxylic acids is 1. The Morgan fingerprint density at radius 2 is 1.94 bits per heavy atom. The lowest BCUT2D eigenvalue weighted by Gasteiger charge is -2.33. The molecule has 2 saturated heterocycles. The molecule has 3 atom stereocenters. The van der Waals surface area contributed by atoms with Crippen LogP contribution in [0.3, 0.4) is 0 Å². The second kappa shape index (κ2) is 5.14. The first-order valence-electron chi connectivity index (χ1n) is 6.51. The summed E-state index contributed by atoms with van der Waals surface area (Å²) in [6.45, 7) is 4.05. The molecule has 6 heteroatoms. The summed E-state index contributed by atoms with van der Waals surface area (Å²) in [5.41, 5.74) is 5.86. The Morgan fingerprint density at radius 3 is 2.50 bits per heavy atom. The molecule has 102 valence electrons. The minimum atomic E-state index is -0.812. The highest BCUT2D eigenvalue weighted by atomic mass is 16.4. The number of amides is 2. The number of likely N-dealkylation sites (tertiary alicyclic amines) is 2. The zero-order valence-electron chi connectivity index (χ0n) is 10.7. The average molecular weight is 255 g/mol. The zero-order chi connectivity index (χ0) is 13.3. The van der Waals surface area contributed by atoms with E-state index in [1.807, 2.05) is 6.92 Å². The normalized spacial score (nSPS) is 32.7. The molecule has 0 aromatic heterocycles. The van der Waals surface area contributed by atoms with Crippen molar-refractivity contribution in [1.82, 2.24) is 9.80 Å². The molecular weight excluding hydrogens is 234 g/mol. The van der Waals surface area contributed by atoms with Crippen molar-refractivity contribution in [2.24, 2.45) is 17.6 Å². The standard InChI is InChI=1S/C12H21N3O3/c1-8-5-15(7-10(8)11(16)17)12(18)14-4-2-3-9(13)6-14/h8-10H,2-7,13H2,1H3,(H,16,17)/t8-,9?,10-/m1/s1. The lowest BCUT2D eigenvalue weighted by atomic mass is 9.99. The number of hydrogen-bond donors (Lipinski definition) is 2. The first-order chi connectivity index (χ1) is 8.49. The van der Waals surface area contributed by atoms with Gasteiger partial charge in [-0.05, 0) is 18.8 Å². The molecule has 18 heavy (non-hydrogen) atoms. The van der Waals surface area contributed by atoms with Crippen molar-refractivity contribution >= 4 is 12.0 Å². The molecule has 0 aliphatic carbocycles. The summed E-state index contributed by atoms with van der Waals surface area (Å²) in [5, 5.41) is 9.06. The second-order valence-electron chi connectivity index (χ2n) is 5.46. The number of carboxylic acid groups (broad SMARTS) is 1. The quantitative estimate of drug-likeness (QED) is 0.700. The second-order valence-corrected chi connectivity index (χ2v) is 5.46. The van der Waals surface area contributed by atoms with Crippen molar-refractivity contribution in [2.45, 2.75) is 25.8 Å². The third-order valence-corrected chi connectivity index (χ3v) is 3.93. The van der Waals surface area contributed by atoms with E-state index in [2.05, 4.69) is 0 Å². The first-order valence-corrected chi connectivity index (χ1v) is 6.51. The molecule has 0 radical (unpaired) electrons. The van der Waals surface area contributed by atoms with Gasteiger partial charge in [0.15, 0.2) is 0 Å². The van der Waals surface area contributed by atoms with Crippen molar-refractivity contribution in [3.8, 4) is 0 Å². The Hall–Kier alpha value is -1.30. The van der Waals surface area contributed by atoms with Gasteiger partial charge < -0.3 is 20.6 Å². The number of hydrogen-bond acceptors (Lipinski definition) is 3. The van der Waals surface area contributed by atoms with Crippen molar-refractivity contribution in [1.29, 1.82) is 0 Å². The van der Waals surface area contributed by atoms with Crippen LogP contribution in [0.1, 0.15) is 19.8 Å². The van der Waals surface area contributed by atoms with Gasteiger partial charge in [-0.3, -0.25) is 4.79 Å². The van der Waals surface area contributed by atoms with Crippen LogP contribution in [0.2, 0.25) is 0 Å². The van der Waals surface area contributed by atoms with Gasteiger partial charge in [0, 0.05) is 32.2 Å². The Labute approximate surface area is 107 Å². The van der Waals surface area contributed by atoms with Gasteiger partial charge in [0.2, 0.25) is 0 Å². The van der Waals surface area contributed by atoms with E-state index in [0.29, 0.717) is 19.6 Å². The minimum Gasteiger partial charge on any atom is -0.481 e. The summed E-state index contributed by atoms with van der Waals surface area (Å²) >= 11 is 0. The smallest absolute Gasteiger partial charge is 0.320 e. The monoisotopic (exact) mass is 255 g/mol. The molecule has 0 aromatic carbocycles. The van der Waals surface area contributed by atoms with Gasteiger partial charge in [0.1, 0.15) is 0 Å². The maximum absolute atomic E-state index is 12.3. The Kier molecular flexibility index (Phi) is 3.75.